The summed E-state index contributed by atoms with van der Waals surface area (Å²) in [7, 11) is 5.69. The molecule has 2 aromatic heterocycles. The molecule has 0 radical (unpaired) electrons. The summed E-state index contributed by atoms with van der Waals surface area (Å²) in [6.45, 7) is 0. The van der Waals surface area contributed by atoms with Gasteiger partial charge in [-0.15, -0.1) is 0 Å². The van der Waals surface area contributed by atoms with Gasteiger partial charge >= 0.3 is 5.97 Å². The summed E-state index contributed by atoms with van der Waals surface area (Å²) in [6, 6.07) is 6.59. The molecule has 142 valence electrons. The van der Waals surface area contributed by atoms with Crippen LogP contribution < -0.4 is 5.32 Å². The van der Waals surface area contributed by atoms with Crippen LogP contribution >= 0.6 is 0 Å². The zero-order valence-corrected chi connectivity index (χ0v) is 16.0. The maximum absolute atomic E-state index is 11.8. The Morgan fingerprint density at radius 3 is 2.70 bits per heavy atom. The monoisotopic (exact) mass is 367 g/mol. The fourth-order valence-electron chi connectivity index (χ4n) is 4.01. The number of H-pyrrole nitrogens is 1. The van der Waals surface area contributed by atoms with Gasteiger partial charge in [0.15, 0.2) is 0 Å². The van der Waals surface area contributed by atoms with Crippen LogP contribution in [0.3, 0.4) is 0 Å². The third-order valence-corrected chi connectivity index (χ3v) is 5.58. The van der Waals surface area contributed by atoms with Crippen molar-refractivity contribution in [1.29, 1.82) is 0 Å². The smallest absolute Gasteiger partial charge is 0.337 e. The van der Waals surface area contributed by atoms with Crippen LogP contribution in [0.2, 0.25) is 0 Å². The second kappa shape index (κ2) is 7.15. The summed E-state index contributed by atoms with van der Waals surface area (Å²) in [4.78, 5) is 26.3. The fraction of sp³-hybridized carbons (Fsp3) is 0.450. The molecule has 0 spiro atoms. The maximum Gasteiger partial charge on any atom is 0.337 e. The summed E-state index contributed by atoms with van der Waals surface area (Å²) in [5.74, 6) is 0.503. The number of ether oxygens (including phenoxy) is 1. The van der Waals surface area contributed by atoms with Crippen molar-refractivity contribution in [2.75, 3.05) is 26.5 Å². The Morgan fingerprint density at radius 1 is 1.22 bits per heavy atom. The number of rotatable bonds is 4. The molecular formula is C20H25N5O2. The van der Waals surface area contributed by atoms with Crippen molar-refractivity contribution in [3.63, 3.8) is 0 Å². The van der Waals surface area contributed by atoms with Gasteiger partial charge in [-0.3, -0.25) is 0 Å². The summed E-state index contributed by atoms with van der Waals surface area (Å²) in [5, 5.41) is 5.60. The van der Waals surface area contributed by atoms with Crippen LogP contribution in [0.25, 0.3) is 21.9 Å². The zero-order valence-electron chi connectivity index (χ0n) is 16.0. The molecule has 0 bridgehead atoms. The highest BCUT2D eigenvalue weighted by Gasteiger charge is 2.23. The highest BCUT2D eigenvalue weighted by atomic mass is 16.5. The molecule has 4 rings (SSSR count). The Hall–Kier alpha value is -2.67. The number of aromatic amines is 1. The van der Waals surface area contributed by atoms with Gasteiger partial charge in [-0.2, -0.15) is 0 Å². The highest BCUT2D eigenvalue weighted by Crippen LogP contribution is 2.32. The van der Waals surface area contributed by atoms with Gasteiger partial charge in [0.2, 0.25) is 0 Å². The van der Waals surface area contributed by atoms with Crippen LogP contribution in [-0.2, 0) is 4.74 Å². The number of hydrogen-bond donors (Lipinski definition) is 2. The van der Waals surface area contributed by atoms with Crippen LogP contribution in [0.15, 0.2) is 24.5 Å². The third-order valence-electron chi connectivity index (χ3n) is 5.58. The van der Waals surface area contributed by atoms with Crippen LogP contribution in [0.4, 0.5) is 5.82 Å². The molecule has 0 amide bonds. The van der Waals surface area contributed by atoms with E-state index in [1.165, 1.54) is 20.0 Å². The molecular weight excluding hydrogens is 342 g/mol. The number of nitrogens with zero attached hydrogens (tertiary/aromatic N) is 3. The second-order valence-electron chi connectivity index (χ2n) is 7.44. The highest BCUT2D eigenvalue weighted by molar-refractivity contribution is 6.12. The van der Waals surface area contributed by atoms with Gasteiger partial charge in [-0.25, -0.2) is 14.8 Å². The largest absolute Gasteiger partial charge is 0.465 e. The molecule has 0 atom stereocenters. The molecule has 0 aliphatic heterocycles. The first-order chi connectivity index (χ1) is 13.1. The quantitative estimate of drug-likeness (QED) is 0.689. The Labute approximate surface area is 158 Å². The molecule has 1 aromatic carbocycles. The SMILES string of the molecule is COC(=O)c1ccc2c(c1)[nH]c1ncnc(N[C@H]3CC[C@H](N(C)C)CC3)c12. The number of nitrogens with one attached hydrogen (secondary N) is 2. The Morgan fingerprint density at radius 2 is 2.00 bits per heavy atom. The van der Waals surface area contributed by atoms with E-state index in [2.05, 4.69) is 39.3 Å². The Bertz CT molecular complexity index is 973. The van der Waals surface area contributed by atoms with E-state index in [1.807, 2.05) is 6.07 Å². The number of carbonyl (C=O) groups excluding carboxylic acids is 1. The third kappa shape index (κ3) is 3.35. The van der Waals surface area contributed by atoms with Gasteiger partial charge in [-0.1, -0.05) is 6.07 Å². The van der Waals surface area contributed by atoms with Crippen LogP contribution in [-0.4, -0.2) is 59.1 Å². The average molecular weight is 367 g/mol. The number of benzene rings is 1. The standard InChI is InChI=1S/C20H25N5O2/c1-25(2)14-7-5-13(6-8-14)23-18-17-15-9-4-12(20(26)27-3)10-16(15)24-19(17)22-11-21-18/h4,9-11,13-14H,5-8H2,1-3H3,(H2,21,22,23,24)/t13-,14-. The van der Waals surface area contributed by atoms with Gasteiger partial charge in [0.05, 0.1) is 18.1 Å². The van der Waals surface area contributed by atoms with E-state index in [9.17, 15) is 4.79 Å². The summed E-state index contributed by atoms with van der Waals surface area (Å²) in [6.07, 6.45) is 6.21. The second-order valence-corrected chi connectivity index (χ2v) is 7.44. The molecule has 27 heavy (non-hydrogen) atoms. The van der Waals surface area contributed by atoms with Crippen LogP contribution in [0, 0.1) is 0 Å². The lowest BCUT2D eigenvalue weighted by molar-refractivity contribution is 0.0601. The molecule has 1 aliphatic rings. The number of anilines is 1. The van der Waals surface area contributed by atoms with Crippen molar-refractivity contribution in [3.8, 4) is 0 Å². The van der Waals surface area contributed by atoms with Gasteiger partial charge in [0, 0.05) is 23.0 Å². The lowest BCUT2D eigenvalue weighted by Crippen LogP contribution is -2.36. The zero-order chi connectivity index (χ0) is 19.0. The first-order valence-electron chi connectivity index (χ1n) is 9.34. The van der Waals surface area contributed by atoms with Crippen LogP contribution in [0.5, 0.6) is 0 Å². The minimum absolute atomic E-state index is 0.349. The Balaban J connectivity index is 1.64. The van der Waals surface area contributed by atoms with E-state index in [4.69, 9.17) is 4.74 Å². The number of aromatic nitrogens is 3. The van der Waals surface area contributed by atoms with Gasteiger partial charge in [0.25, 0.3) is 0 Å². The average Bonchev–Trinajstić information content (AvgIpc) is 3.06. The number of methoxy groups -OCH3 is 1. The summed E-state index contributed by atoms with van der Waals surface area (Å²) >= 11 is 0. The molecule has 1 fully saturated rings. The minimum Gasteiger partial charge on any atom is -0.465 e. The van der Waals surface area contributed by atoms with E-state index in [-0.39, 0.29) is 5.97 Å². The van der Waals surface area contributed by atoms with Crippen molar-refractivity contribution >= 4 is 33.7 Å². The Kier molecular flexibility index (Phi) is 4.70. The van der Waals surface area contributed by atoms with Crippen molar-refractivity contribution in [2.24, 2.45) is 0 Å². The normalized spacial score (nSPS) is 20.3. The lowest BCUT2D eigenvalue weighted by atomic mass is 9.90. The van der Waals surface area contributed by atoms with E-state index in [0.717, 1.165) is 40.6 Å². The van der Waals surface area contributed by atoms with E-state index in [1.54, 1.807) is 18.5 Å². The lowest BCUT2D eigenvalue weighted by Gasteiger charge is -2.33. The van der Waals surface area contributed by atoms with Gasteiger partial charge in [-0.05, 0) is 51.9 Å². The first kappa shape index (κ1) is 17.7. The van der Waals surface area contributed by atoms with Crippen molar-refractivity contribution in [1.82, 2.24) is 19.9 Å². The molecule has 2 heterocycles. The molecule has 7 heteroatoms. The molecule has 1 saturated carbocycles. The van der Waals surface area contributed by atoms with Crippen molar-refractivity contribution < 1.29 is 9.53 Å². The van der Waals surface area contributed by atoms with Gasteiger partial charge < -0.3 is 19.9 Å². The number of carbonyl (C=O) groups is 1. The van der Waals surface area contributed by atoms with Crippen molar-refractivity contribution in [3.05, 3.63) is 30.1 Å². The topological polar surface area (TPSA) is 83.1 Å². The molecule has 0 saturated heterocycles. The van der Waals surface area contributed by atoms with E-state index < -0.39 is 0 Å². The number of hydrogen-bond acceptors (Lipinski definition) is 6. The fourth-order valence-corrected chi connectivity index (χ4v) is 4.01. The number of esters is 1. The molecule has 7 nitrogen and oxygen atoms in total. The predicted molar refractivity (Wildman–Crippen MR) is 106 cm³/mol. The molecule has 3 aromatic rings. The molecule has 2 N–H and O–H groups in total. The van der Waals surface area contributed by atoms with Crippen LogP contribution in [0.1, 0.15) is 36.0 Å². The summed E-state index contributed by atoms with van der Waals surface area (Å²) < 4.78 is 4.81. The van der Waals surface area contributed by atoms with Crippen molar-refractivity contribution in [2.45, 2.75) is 37.8 Å². The summed E-state index contributed by atoms with van der Waals surface area (Å²) in [5.41, 5.74) is 2.14. The maximum atomic E-state index is 11.8. The number of fused-ring (bicyclic) bond motifs is 3. The first-order valence-corrected chi connectivity index (χ1v) is 9.34. The van der Waals surface area contributed by atoms with E-state index in [0.29, 0.717) is 17.6 Å². The minimum atomic E-state index is -0.349. The van der Waals surface area contributed by atoms with E-state index >= 15 is 0 Å². The van der Waals surface area contributed by atoms with Gasteiger partial charge in [0.1, 0.15) is 17.8 Å². The predicted octanol–water partition coefficient (Wildman–Crippen LogP) is 3.18. The molecule has 1 aliphatic carbocycles. The molecule has 0 unspecified atom stereocenters.